The molecule has 1 aliphatic rings. The average Bonchev–Trinajstić information content (AvgIpc) is 3.44. The van der Waals surface area contributed by atoms with Crippen molar-refractivity contribution in [3.05, 3.63) is 88.4 Å². The molecule has 5 rings (SSSR count). The molecule has 35 heavy (non-hydrogen) atoms. The van der Waals surface area contributed by atoms with Gasteiger partial charge < -0.3 is 15.0 Å². The van der Waals surface area contributed by atoms with E-state index in [4.69, 9.17) is 4.74 Å². The van der Waals surface area contributed by atoms with Gasteiger partial charge >= 0.3 is 0 Å². The minimum Gasteiger partial charge on any atom is -0.375 e. The summed E-state index contributed by atoms with van der Waals surface area (Å²) in [4.78, 5) is 8.13. The van der Waals surface area contributed by atoms with Crippen LogP contribution in [0.15, 0.2) is 54.9 Å². The standard InChI is InChI=1S/C31H37N3O/c1-20-18-23(34-27-16-17-32-30-25(27)14-15-28(30)35-5)13-12-21(20)8-6-9-22-19-33-29-24(22)10-7-11-26(29)31(2,3)4/h7,10-13,16-19,28,33H,6,8-9,14-15H2,1-5H3,(H,32,34). The number of anilines is 2. The topological polar surface area (TPSA) is 49.9 Å². The summed E-state index contributed by atoms with van der Waals surface area (Å²) in [7, 11) is 1.77. The van der Waals surface area contributed by atoms with Gasteiger partial charge in [0.05, 0.1) is 11.8 Å². The number of hydrogen-bond acceptors (Lipinski definition) is 3. The van der Waals surface area contributed by atoms with Crippen molar-refractivity contribution >= 4 is 22.3 Å². The molecule has 0 radical (unpaired) electrons. The van der Waals surface area contributed by atoms with Gasteiger partial charge in [0.2, 0.25) is 0 Å². The maximum Gasteiger partial charge on any atom is 0.0997 e. The van der Waals surface area contributed by atoms with Crippen molar-refractivity contribution in [2.75, 3.05) is 12.4 Å². The number of aryl methyl sites for hydroxylation is 3. The molecule has 1 atom stereocenters. The first-order chi connectivity index (χ1) is 16.8. The van der Waals surface area contributed by atoms with Crippen LogP contribution in [0.3, 0.4) is 0 Å². The van der Waals surface area contributed by atoms with Crippen molar-refractivity contribution in [3.8, 4) is 0 Å². The van der Waals surface area contributed by atoms with Crippen molar-refractivity contribution in [1.82, 2.24) is 9.97 Å². The first kappa shape index (κ1) is 23.6. The Balaban J connectivity index is 1.25. The molecule has 0 saturated heterocycles. The minimum atomic E-state index is 0.119. The number of pyridine rings is 1. The average molecular weight is 468 g/mol. The van der Waals surface area contributed by atoms with Crippen molar-refractivity contribution in [2.24, 2.45) is 0 Å². The van der Waals surface area contributed by atoms with Gasteiger partial charge in [-0.1, -0.05) is 45.0 Å². The third kappa shape index (κ3) is 4.72. The Morgan fingerprint density at radius 2 is 1.91 bits per heavy atom. The molecule has 0 saturated carbocycles. The van der Waals surface area contributed by atoms with Crippen LogP contribution in [0.25, 0.3) is 10.9 Å². The third-order valence-corrected chi connectivity index (χ3v) is 7.46. The van der Waals surface area contributed by atoms with Crippen LogP contribution in [-0.2, 0) is 29.4 Å². The Labute approximate surface area is 209 Å². The lowest BCUT2D eigenvalue weighted by molar-refractivity contribution is 0.102. The molecule has 2 aromatic heterocycles. The van der Waals surface area contributed by atoms with Crippen LogP contribution in [0, 0.1) is 6.92 Å². The van der Waals surface area contributed by atoms with E-state index in [9.17, 15) is 0 Å². The number of ether oxygens (including phenoxy) is 1. The summed E-state index contributed by atoms with van der Waals surface area (Å²) in [6, 6.07) is 15.5. The van der Waals surface area contributed by atoms with E-state index in [0.29, 0.717) is 0 Å². The zero-order chi connectivity index (χ0) is 24.6. The van der Waals surface area contributed by atoms with Crippen LogP contribution < -0.4 is 5.32 Å². The number of aromatic nitrogens is 2. The number of benzene rings is 2. The number of para-hydroxylation sites is 1. The Hall–Kier alpha value is -3.11. The summed E-state index contributed by atoms with van der Waals surface area (Å²) < 4.78 is 5.59. The van der Waals surface area contributed by atoms with Gasteiger partial charge in [0.1, 0.15) is 0 Å². The van der Waals surface area contributed by atoms with Gasteiger partial charge in [-0.25, -0.2) is 0 Å². The maximum absolute atomic E-state index is 5.59. The van der Waals surface area contributed by atoms with Crippen LogP contribution in [0.1, 0.15) is 73.2 Å². The van der Waals surface area contributed by atoms with Gasteiger partial charge in [-0.3, -0.25) is 4.98 Å². The quantitative estimate of drug-likeness (QED) is 0.292. The van der Waals surface area contributed by atoms with Gasteiger partial charge in [-0.2, -0.15) is 0 Å². The van der Waals surface area contributed by atoms with Gasteiger partial charge in [0.15, 0.2) is 0 Å². The first-order valence-electron chi connectivity index (χ1n) is 12.8. The van der Waals surface area contributed by atoms with E-state index in [1.54, 1.807) is 7.11 Å². The number of H-pyrrole nitrogens is 1. The molecule has 182 valence electrons. The maximum atomic E-state index is 5.59. The van der Waals surface area contributed by atoms with Gasteiger partial charge in [0.25, 0.3) is 0 Å². The Morgan fingerprint density at radius 3 is 2.69 bits per heavy atom. The zero-order valence-corrected chi connectivity index (χ0v) is 21.7. The predicted octanol–water partition coefficient (Wildman–Crippen LogP) is 7.72. The minimum absolute atomic E-state index is 0.119. The van der Waals surface area contributed by atoms with E-state index in [-0.39, 0.29) is 11.5 Å². The van der Waals surface area contributed by atoms with Crippen molar-refractivity contribution in [2.45, 2.75) is 71.3 Å². The summed E-state index contributed by atoms with van der Waals surface area (Å²) >= 11 is 0. The lowest BCUT2D eigenvalue weighted by Gasteiger charge is -2.20. The van der Waals surface area contributed by atoms with Crippen LogP contribution in [0.5, 0.6) is 0 Å². The molecule has 2 heterocycles. The van der Waals surface area contributed by atoms with Gasteiger partial charge in [-0.05, 0) is 90.5 Å². The molecule has 4 aromatic rings. The van der Waals surface area contributed by atoms with E-state index in [1.165, 1.54) is 38.7 Å². The molecule has 2 N–H and O–H groups in total. The largest absolute Gasteiger partial charge is 0.375 e. The Bertz CT molecular complexity index is 1350. The van der Waals surface area contributed by atoms with Crippen LogP contribution in [0.4, 0.5) is 11.4 Å². The molecule has 2 aromatic carbocycles. The molecule has 0 amide bonds. The number of rotatable bonds is 7. The first-order valence-corrected chi connectivity index (χ1v) is 12.8. The fourth-order valence-electron chi connectivity index (χ4n) is 5.53. The van der Waals surface area contributed by atoms with Crippen LogP contribution in [-0.4, -0.2) is 17.1 Å². The van der Waals surface area contributed by atoms with E-state index < -0.39 is 0 Å². The van der Waals surface area contributed by atoms with Crippen molar-refractivity contribution in [1.29, 1.82) is 0 Å². The number of hydrogen-bond donors (Lipinski definition) is 2. The van der Waals surface area contributed by atoms with Crippen LogP contribution >= 0.6 is 0 Å². The second-order valence-electron chi connectivity index (χ2n) is 10.9. The fraction of sp³-hybridized carbons (Fsp3) is 0.387. The summed E-state index contributed by atoms with van der Waals surface area (Å²) in [5.41, 5.74) is 11.6. The number of methoxy groups -OCH3 is 1. The Kier molecular flexibility index (Phi) is 6.41. The van der Waals surface area contributed by atoms with E-state index in [2.05, 4.69) is 91.6 Å². The van der Waals surface area contributed by atoms with Crippen LogP contribution in [0.2, 0.25) is 0 Å². The molecule has 1 unspecified atom stereocenters. The molecular weight excluding hydrogens is 430 g/mol. The summed E-state index contributed by atoms with van der Waals surface area (Å²) in [5.74, 6) is 0. The van der Waals surface area contributed by atoms with Crippen molar-refractivity contribution in [3.63, 3.8) is 0 Å². The number of aromatic amines is 1. The van der Waals surface area contributed by atoms with E-state index in [0.717, 1.165) is 49.2 Å². The molecule has 4 nitrogen and oxygen atoms in total. The van der Waals surface area contributed by atoms with Gasteiger partial charge in [-0.15, -0.1) is 0 Å². The van der Waals surface area contributed by atoms with E-state index in [1.807, 2.05) is 6.20 Å². The molecule has 0 spiro atoms. The molecule has 4 heteroatoms. The molecule has 1 aliphatic carbocycles. The second kappa shape index (κ2) is 9.50. The second-order valence-corrected chi connectivity index (χ2v) is 10.9. The smallest absolute Gasteiger partial charge is 0.0997 e. The normalized spacial score (nSPS) is 15.5. The summed E-state index contributed by atoms with van der Waals surface area (Å²) in [5, 5.41) is 5.00. The molecule has 0 fully saturated rings. The highest BCUT2D eigenvalue weighted by atomic mass is 16.5. The lowest BCUT2D eigenvalue weighted by Crippen LogP contribution is -2.11. The predicted molar refractivity (Wildman–Crippen MR) is 146 cm³/mol. The Morgan fingerprint density at radius 1 is 1.09 bits per heavy atom. The lowest BCUT2D eigenvalue weighted by atomic mass is 9.85. The zero-order valence-electron chi connectivity index (χ0n) is 21.7. The van der Waals surface area contributed by atoms with Gasteiger partial charge in [0, 0.05) is 41.8 Å². The molecule has 0 aliphatic heterocycles. The number of nitrogens with one attached hydrogen (secondary N) is 2. The molecular formula is C31H37N3O. The number of nitrogens with zero attached hydrogens (tertiary/aromatic N) is 1. The monoisotopic (exact) mass is 467 g/mol. The highest BCUT2D eigenvalue weighted by molar-refractivity contribution is 5.86. The summed E-state index contributed by atoms with van der Waals surface area (Å²) in [6.07, 6.45) is 9.52. The highest BCUT2D eigenvalue weighted by Gasteiger charge is 2.26. The SMILES string of the molecule is COC1CCc2c(Nc3ccc(CCCc4c[nH]c5c(C(C)(C)C)cccc45)c(C)c3)ccnc21. The molecule has 0 bridgehead atoms. The highest BCUT2D eigenvalue weighted by Crippen LogP contribution is 2.37. The van der Waals surface area contributed by atoms with Crippen molar-refractivity contribution < 1.29 is 4.74 Å². The number of fused-ring (bicyclic) bond motifs is 2. The fourth-order valence-corrected chi connectivity index (χ4v) is 5.53. The third-order valence-electron chi connectivity index (χ3n) is 7.46. The summed E-state index contributed by atoms with van der Waals surface area (Å²) in [6.45, 7) is 9.06. The van der Waals surface area contributed by atoms with E-state index >= 15 is 0 Å².